The summed E-state index contributed by atoms with van der Waals surface area (Å²) in [5.74, 6) is 0.633. The molecule has 0 bridgehead atoms. The van der Waals surface area contributed by atoms with Crippen LogP contribution in [0.15, 0.2) is 18.5 Å². The minimum atomic E-state index is -0.149. The number of esters is 1. The molecule has 1 fully saturated rings. The molecule has 98 valence electrons. The molecule has 18 heavy (non-hydrogen) atoms. The number of piperazine rings is 1. The topological polar surface area (TPSA) is 58.6 Å². The second-order valence-corrected chi connectivity index (χ2v) is 4.20. The van der Waals surface area contributed by atoms with Crippen LogP contribution < -0.4 is 4.90 Å². The fourth-order valence-corrected chi connectivity index (χ4v) is 1.98. The molecule has 0 amide bonds. The molecule has 2 heterocycles. The van der Waals surface area contributed by atoms with Gasteiger partial charge in [-0.25, -0.2) is 9.97 Å². The number of carbonyl (C=O) groups excluding carboxylic acids is 1. The lowest BCUT2D eigenvalue weighted by molar-refractivity contribution is -0.141. The zero-order chi connectivity index (χ0) is 12.8. The summed E-state index contributed by atoms with van der Waals surface area (Å²) in [5.41, 5.74) is 0. The molecule has 0 aliphatic carbocycles. The van der Waals surface area contributed by atoms with E-state index in [1.165, 1.54) is 7.11 Å². The zero-order valence-electron chi connectivity index (χ0n) is 10.6. The molecule has 2 rings (SSSR count). The van der Waals surface area contributed by atoms with Crippen LogP contribution >= 0.6 is 0 Å². The molecule has 1 aromatic heterocycles. The van der Waals surface area contributed by atoms with Gasteiger partial charge in [0.15, 0.2) is 0 Å². The molecule has 1 aliphatic rings. The van der Waals surface area contributed by atoms with Gasteiger partial charge in [0, 0.05) is 45.1 Å². The SMILES string of the molecule is COC(=O)CCN1CCN(c2ncccn2)CC1. The first-order chi connectivity index (χ1) is 8.79. The highest BCUT2D eigenvalue weighted by atomic mass is 16.5. The molecule has 6 heteroatoms. The third kappa shape index (κ3) is 3.40. The van der Waals surface area contributed by atoms with Gasteiger partial charge in [0.1, 0.15) is 0 Å². The normalized spacial score (nSPS) is 16.6. The molecular formula is C12H18N4O2. The van der Waals surface area contributed by atoms with Crippen LogP contribution in [0.1, 0.15) is 6.42 Å². The minimum Gasteiger partial charge on any atom is -0.469 e. The Morgan fingerprint density at radius 1 is 1.28 bits per heavy atom. The number of rotatable bonds is 4. The lowest BCUT2D eigenvalue weighted by Gasteiger charge is -2.34. The Balaban J connectivity index is 1.76. The monoisotopic (exact) mass is 250 g/mol. The summed E-state index contributed by atoms with van der Waals surface area (Å²) in [7, 11) is 1.42. The van der Waals surface area contributed by atoms with Gasteiger partial charge in [-0.05, 0) is 6.07 Å². The molecule has 0 aromatic carbocycles. The third-order valence-electron chi connectivity index (χ3n) is 3.07. The number of carbonyl (C=O) groups is 1. The standard InChI is InChI=1S/C12H18N4O2/c1-18-11(17)3-6-15-7-9-16(10-8-15)12-13-4-2-5-14-12/h2,4-5H,3,6-10H2,1H3. The van der Waals surface area contributed by atoms with E-state index in [-0.39, 0.29) is 5.97 Å². The van der Waals surface area contributed by atoms with Crippen LogP contribution in [0.2, 0.25) is 0 Å². The Morgan fingerprint density at radius 2 is 1.94 bits per heavy atom. The molecule has 0 unspecified atom stereocenters. The Morgan fingerprint density at radius 3 is 2.56 bits per heavy atom. The average Bonchev–Trinajstić information content (AvgIpc) is 2.46. The van der Waals surface area contributed by atoms with Gasteiger partial charge in [-0.1, -0.05) is 0 Å². The number of anilines is 1. The maximum Gasteiger partial charge on any atom is 0.306 e. The highest BCUT2D eigenvalue weighted by molar-refractivity contribution is 5.69. The van der Waals surface area contributed by atoms with Gasteiger partial charge in [-0.2, -0.15) is 0 Å². The highest BCUT2D eigenvalue weighted by Gasteiger charge is 2.18. The average molecular weight is 250 g/mol. The fourth-order valence-electron chi connectivity index (χ4n) is 1.98. The Hall–Kier alpha value is -1.69. The van der Waals surface area contributed by atoms with Gasteiger partial charge in [0.05, 0.1) is 13.5 Å². The van der Waals surface area contributed by atoms with E-state index in [9.17, 15) is 4.79 Å². The molecule has 0 radical (unpaired) electrons. The predicted octanol–water partition coefficient (Wildman–Crippen LogP) is 0.162. The number of aromatic nitrogens is 2. The number of hydrogen-bond donors (Lipinski definition) is 0. The first-order valence-electron chi connectivity index (χ1n) is 6.11. The highest BCUT2D eigenvalue weighted by Crippen LogP contribution is 2.09. The summed E-state index contributed by atoms with van der Waals surface area (Å²) in [4.78, 5) is 24.0. The Labute approximate surface area is 107 Å². The van der Waals surface area contributed by atoms with E-state index in [2.05, 4.69) is 24.5 Å². The van der Waals surface area contributed by atoms with E-state index >= 15 is 0 Å². The third-order valence-corrected chi connectivity index (χ3v) is 3.07. The molecular weight excluding hydrogens is 232 g/mol. The van der Waals surface area contributed by atoms with Gasteiger partial charge >= 0.3 is 5.97 Å². The summed E-state index contributed by atoms with van der Waals surface area (Å²) in [6.45, 7) is 4.40. The lowest BCUT2D eigenvalue weighted by Crippen LogP contribution is -2.47. The van der Waals surface area contributed by atoms with E-state index in [0.717, 1.165) is 38.7 Å². The van der Waals surface area contributed by atoms with Crippen LogP contribution in [-0.4, -0.2) is 60.7 Å². The van der Waals surface area contributed by atoms with Crippen LogP contribution in [0.4, 0.5) is 5.95 Å². The number of hydrogen-bond acceptors (Lipinski definition) is 6. The van der Waals surface area contributed by atoms with E-state index in [1.54, 1.807) is 12.4 Å². The van der Waals surface area contributed by atoms with E-state index in [0.29, 0.717) is 6.42 Å². The largest absolute Gasteiger partial charge is 0.469 e. The predicted molar refractivity (Wildman–Crippen MR) is 67.3 cm³/mol. The maximum absolute atomic E-state index is 11.1. The van der Waals surface area contributed by atoms with E-state index < -0.39 is 0 Å². The van der Waals surface area contributed by atoms with Crippen molar-refractivity contribution in [3.05, 3.63) is 18.5 Å². The van der Waals surface area contributed by atoms with Crippen molar-refractivity contribution < 1.29 is 9.53 Å². The van der Waals surface area contributed by atoms with Crippen molar-refractivity contribution in [3.8, 4) is 0 Å². The van der Waals surface area contributed by atoms with Crippen LogP contribution in [0.25, 0.3) is 0 Å². The van der Waals surface area contributed by atoms with Gasteiger partial charge in [0.25, 0.3) is 0 Å². The molecule has 1 saturated heterocycles. The quantitative estimate of drug-likeness (QED) is 0.710. The molecule has 0 atom stereocenters. The van der Waals surface area contributed by atoms with Crippen LogP contribution in [0, 0.1) is 0 Å². The lowest BCUT2D eigenvalue weighted by atomic mass is 10.3. The van der Waals surface area contributed by atoms with Crippen LogP contribution in [0.3, 0.4) is 0 Å². The maximum atomic E-state index is 11.1. The zero-order valence-corrected chi connectivity index (χ0v) is 10.6. The Kier molecular flexibility index (Phi) is 4.46. The van der Waals surface area contributed by atoms with Crippen LogP contribution in [0.5, 0.6) is 0 Å². The first kappa shape index (κ1) is 12.8. The minimum absolute atomic E-state index is 0.149. The molecule has 1 aliphatic heterocycles. The Bertz CT molecular complexity index is 377. The smallest absolute Gasteiger partial charge is 0.306 e. The van der Waals surface area contributed by atoms with Crippen molar-refractivity contribution in [1.82, 2.24) is 14.9 Å². The summed E-state index contributed by atoms with van der Waals surface area (Å²) < 4.78 is 4.64. The van der Waals surface area contributed by atoms with Crippen molar-refractivity contribution >= 4 is 11.9 Å². The second-order valence-electron chi connectivity index (χ2n) is 4.20. The van der Waals surface area contributed by atoms with Gasteiger partial charge < -0.3 is 9.64 Å². The molecule has 1 aromatic rings. The van der Waals surface area contributed by atoms with Crippen molar-refractivity contribution in [3.63, 3.8) is 0 Å². The van der Waals surface area contributed by atoms with E-state index in [4.69, 9.17) is 0 Å². The summed E-state index contributed by atoms with van der Waals surface area (Å²) >= 11 is 0. The number of methoxy groups -OCH3 is 1. The van der Waals surface area contributed by atoms with Crippen molar-refractivity contribution in [2.24, 2.45) is 0 Å². The van der Waals surface area contributed by atoms with Gasteiger partial charge in [0.2, 0.25) is 5.95 Å². The fraction of sp³-hybridized carbons (Fsp3) is 0.583. The number of ether oxygens (including phenoxy) is 1. The molecule has 0 N–H and O–H groups in total. The first-order valence-corrected chi connectivity index (χ1v) is 6.11. The summed E-state index contributed by atoms with van der Waals surface area (Å²) in [6.07, 6.45) is 3.97. The molecule has 6 nitrogen and oxygen atoms in total. The number of nitrogens with zero attached hydrogens (tertiary/aromatic N) is 4. The van der Waals surface area contributed by atoms with Crippen molar-refractivity contribution in [1.29, 1.82) is 0 Å². The van der Waals surface area contributed by atoms with Crippen molar-refractivity contribution in [2.75, 3.05) is 44.7 Å². The van der Waals surface area contributed by atoms with Gasteiger partial charge in [-0.3, -0.25) is 9.69 Å². The second kappa shape index (κ2) is 6.30. The summed E-state index contributed by atoms with van der Waals surface area (Å²) in [6, 6.07) is 1.82. The molecule has 0 saturated carbocycles. The van der Waals surface area contributed by atoms with E-state index in [1.807, 2.05) is 6.07 Å². The van der Waals surface area contributed by atoms with Crippen LogP contribution in [-0.2, 0) is 9.53 Å². The van der Waals surface area contributed by atoms with Gasteiger partial charge in [-0.15, -0.1) is 0 Å². The van der Waals surface area contributed by atoms with Crippen molar-refractivity contribution in [2.45, 2.75) is 6.42 Å². The summed E-state index contributed by atoms with van der Waals surface area (Å²) in [5, 5.41) is 0. The molecule has 0 spiro atoms.